The molecule has 0 radical (unpaired) electrons. The second kappa shape index (κ2) is 7.47. The first-order valence-corrected chi connectivity index (χ1v) is 9.15. The SMILES string of the molecule is CCc1ccc(-c2ccc(Cl)c(C(F)(F)F)c2)cc1C1C(=O)CCCC1=O. The molecule has 3 rings (SSSR count). The van der Waals surface area contributed by atoms with Gasteiger partial charge in [-0.25, -0.2) is 0 Å². The van der Waals surface area contributed by atoms with Gasteiger partial charge in [0.1, 0.15) is 17.5 Å². The second-order valence-electron chi connectivity index (χ2n) is 6.68. The first-order chi connectivity index (χ1) is 12.7. The first-order valence-electron chi connectivity index (χ1n) is 8.77. The number of ketones is 2. The van der Waals surface area contributed by atoms with Gasteiger partial charge in [-0.3, -0.25) is 9.59 Å². The Bertz CT molecular complexity index is 887. The third-order valence-corrected chi connectivity index (χ3v) is 5.26. The Labute approximate surface area is 160 Å². The molecule has 0 aromatic heterocycles. The Balaban J connectivity index is 2.11. The minimum atomic E-state index is -4.56. The fourth-order valence-electron chi connectivity index (χ4n) is 3.54. The van der Waals surface area contributed by atoms with Crippen LogP contribution in [0.3, 0.4) is 0 Å². The van der Waals surface area contributed by atoms with Crippen LogP contribution in [0.25, 0.3) is 11.1 Å². The van der Waals surface area contributed by atoms with E-state index in [9.17, 15) is 22.8 Å². The van der Waals surface area contributed by atoms with Crippen molar-refractivity contribution in [3.8, 4) is 11.1 Å². The molecule has 0 aliphatic heterocycles. The van der Waals surface area contributed by atoms with Gasteiger partial charge in [-0.15, -0.1) is 0 Å². The number of aryl methyl sites for hydroxylation is 1. The normalized spacial score (nSPS) is 16.0. The van der Waals surface area contributed by atoms with E-state index in [-0.39, 0.29) is 16.6 Å². The van der Waals surface area contributed by atoms with Gasteiger partial charge in [0.15, 0.2) is 0 Å². The van der Waals surface area contributed by atoms with Gasteiger partial charge in [0, 0.05) is 12.8 Å². The van der Waals surface area contributed by atoms with Crippen LogP contribution in [0.15, 0.2) is 36.4 Å². The van der Waals surface area contributed by atoms with Crippen molar-refractivity contribution in [3.63, 3.8) is 0 Å². The van der Waals surface area contributed by atoms with E-state index in [0.29, 0.717) is 42.4 Å². The average Bonchev–Trinajstić information content (AvgIpc) is 2.61. The van der Waals surface area contributed by atoms with Crippen molar-refractivity contribution in [2.45, 2.75) is 44.7 Å². The molecule has 0 amide bonds. The van der Waals surface area contributed by atoms with Crippen molar-refractivity contribution >= 4 is 23.2 Å². The van der Waals surface area contributed by atoms with E-state index in [2.05, 4.69) is 0 Å². The van der Waals surface area contributed by atoms with Gasteiger partial charge in [-0.2, -0.15) is 13.2 Å². The molecule has 0 N–H and O–H groups in total. The molecule has 27 heavy (non-hydrogen) atoms. The fourth-order valence-corrected chi connectivity index (χ4v) is 3.76. The molecular formula is C21H18ClF3O2. The third kappa shape index (κ3) is 3.93. The number of carbonyl (C=O) groups excluding carboxylic acids is 2. The molecule has 2 nitrogen and oxygen atoms in total. The maximum atomic E-state index is 13.2. The van der Waals surface area contributed by atoms with Gasteiger partial charge in [0.25, 0.3) is 0 Å². The molecule has 1 aliphatic carbocycles. The summed E-state index contributed by atoms with van der Waals surface area (Å²) in [6.45, 7) is 1.92. The fraction of sp³-hybridized carbons (Fsp3) is 0.333. The summed E-state index contributed by atoms with van der Waals surface area (Å²) in [6.07, 6.45) is -2.68. The van der Waals surface area contributed by atoms with Crippen LogP contribution in [0.4, 0.5) is 13.2 Å². The quantitative estimate of drug-likeness (QED) is 0.599. The van der Waals surface area contributed by atoms with Crippen LogP contribution >= 0.6 is 11.6 Å². The Hall–Kier alpha value is -2.14. The van der Waals surface area contributed by atoms with E-state index in [4.69, 9.17) is 11.6 Å². The summed E-state index contributed by atoms with van der Waals surface area (Å²) in [5.74, 6) is -1.06. The van der Waals surface area contributed by atoms with Crippen molar-refractivity contribution in [2.24, 2.45) is 0 Å². The van der Waals surface area contributed by atoms with Gasteiger partial charge < -0.3 is 0 Å². The average molecular weight is 395 g/mol. The van der Waals surface area contributed by atoms with Gasteiger partial charge in [0.05, 0.1) is 10.6 Å². The molecule has 0 saturated heterocycles. The third-order valence-electron chi connectivity index (χ3n) is 4.93. The standard InChI is InChI=1S/C21H18ClF3O2/c1-2-12-6-7-13(10-15(12)20-18(26)4-3-5-19(20)27)14-8-9-17(22)16(11-14)21(23,24)25/h6-11,20H,2-5H2,1H3. The van der Waals surface area contributed by atoms with E-state index in [1.54, 1.807) is 18.2 Å². The summed E-state index contributed by atoms with van der Waals surface area (Å²) in [5, 5.41) is -0.366. The van der Waals surface area contributed by atoms with Gasteiger partial charge in [-0.05, 0) is 53.3 Å². The second-order valence-corrected chi connectivity index (χ2v) is 7.09. The monoisotopic (exact) mass is 394 g/mol. The molecule has 0 unspecified atom stereocenters. The highest BCUT2D eigenvalue weighted by Gasteiger charge is 2.34. The molecular weight excluding hydrogens is 377 g/mol. The Kier molecular flexibility index (Phi) is 5.43. The highest BCUT2D eigenvalue weighted by molar-refractivity contribution is 6.31. The van der Waals surface area contributed by atoms with E-state index < -0.39 is 17.7 Å². The number of hydrogen-bond donors (Lipinski definition) is 0. The summed E-state index contributed by atoms with van der Waals surface area (Å²) in [6, 6.07) is 8.88. The highest BCUT2D eigenvalue weighted by Crippen LogP contribution is 2.38. The van der Waals surface area contributed by atoms with Crippen LogP contribution in [0.1, 0.15) is 48.8 Å². The van der Waals surface area contributed by atoms with Crippen LogP contribution in [0, 0.1) is 0 Å². The van der Waals surface area contributed by atoms with Gasteiger partial charge in [0.2, 0.25) is 0 Å². The van der Waals surface area contributed by atoms with Crippen molar-refractivity contribution in [2.75, 3.05) is 0 Å². The lowest BCUT2D eigenvalue weighted by molar-refractivity contribution is -0.137. The van der Waals surface area contributed by atoms with E-state index in [1.807, 2.05) is 6.92 Å². The molecule has 1 fully saturated rings. The van der Waals surface area contributed by atoms with Gasteiger partial charge >= 0.3 is 6.18 Å². The maximum Gasteiger partial charge on any atom is 0.417 e. The number of carbonyl (C=O) groups is 2. The number of Topliss-reactive ketones (excluding diaryl/α,β-unsaturated/α-hetero) is 2. The lowest BCUT2D eigenvalue weighted by Crippen LogP contribution is -2.27. The summed E-state index contributed by atoms with van der Waals surface area (Å²) >= 11 is 5.70. The molecule has 142 valence electrons. The molecule has 0 bridgehead atoms. The molecule has 1 saturated carbocycles. The summed E-state index contributed by atoms with van der Waals surface area (Å²) in [7, 11) is 0. The zero-order valence-electron chi connectivity index (χ0n) is 14.7. The molecule has 0 spiro atoms. The van der Waals surface area contributed by atoms with Crippen molar-refractivity contribution in [1.82, 2.24) is 0 Å². The molecule has 6 heteroatoms. The highest BCUT2D eigenvalue weighted by atomic mass is 35.5. The minimum Gasteiger partial charge on any atom is -0.299 e. The van der Waals surface area contributed by atoms with Crippen molar-refractivity contribution in [1.29, 1.82) is 0 Å². The summed E-state index contributed by atoms with van der Waals surface area (Å²) < 4.78 is 39.5. The topological polar surface area (TPSA) is 34.1 Å². The van der Waals surface area contributed by atoms with Crippen molar-refractivity contribution < 1.29 is 22.8 Å². The number of hydrogen-bond acceptors (Lipinski definition) is 2. The predicted octanol–water partition coefficient (Wildman–Crippen LogP) is 5.99. The minimum absolute atomic E-state index is 0.120. The van der Waals surface area contributed by atoms with Crippen LogP contribution in [-0.4, -0.2) is 11.6 Å². The lowest BCUT2D eigenvalue weighted by Gasteiger charge is -2.23. The van der Waals surface area contributed by atoms with E-state index in [0.717, 1.165) is 11.6 Å². The van der Waals surface area contributed by atoms with Gasteiger partial charge in [-0.1, -0.05) is 36.7 Å². The van der Waals surface area contributed by atoms with E-state index in [1.165, 1.54) is 12.1 Å². The largest absolute Gasteiger partial charge is 0.417 e. The van der Waals surface area contributed by atoms with Crippen molar-refractivity contribution in [3.05, 3.63) is 58.1 Å². The zero-order chi connectivity index (χ0) is 19.8. The molecule has 1 aliphatic rings. The molecule has 0 heterocycles. The summed E-state index contributed by atoms with van der Waals surface area (Å²) in [5.41, 5.74) is 1.42. The Morgan fingerprint density at radius 1 is 1.00 bits per heavy atom. The summed E-state index contributed by atoms with van der Waals surface area (Å²) in [4.78, 5) is 24.7. The van der Waals surface area contributed by atoms with Crippen LogP contribution in [0.5, 0.6) is 0 Å². The van der Waals surface area contributed by atoms with Crippen LogP contribution in [-0.2, 0) is 22.2 Å². The molecule has 2 aromatic carbocycles. The van der Waals surface area contributed by atoms with E-state index >= 15 is 0 Å². The Morgan fingerprint density at radius 2 is 1.59 bits per heavy atom. The number of rotatable bonds is 3. The van der Waals surface area contributed by atoms with Crippen LogP contribution < -0.4 is 0 Å². The number of halogens is 4. The molecule has 0 atom stereocenters. The lowest BCUT2D eigenvalue weighted by atomic mass is 9.79. The Morgan fingerprint density at radius 3 is 2.19 bits per heavy atom. The first kappa shape index (κ1) is 19.6. The molecule has 2 aromatic rings. The smallest absolute Gasteiger partial charge is 0.299 e. The zero-order valence-corrected chi connectivity index (χ0v) is 15.5. The van der Waals surface area contributed by atoms with Crippen LogP contribution in [0.2, 0.25) is 5.02 Å². The number of benzene rings is 2. The predicted molar refractivity (Wildman–Crippen MR) is 97.9 cm³/mol. The maximum absolute atomic E-state index is 13.2. The number of alkyl halides is 3.